The molecule has 1 rings (SSSR count). The second-order valence-electron chi connectivity index (χ2n) is 3.47. The Morgan fingerprint density at radius 3 is 2.38 bits per heavy atom. The fraction of sp³-hybridized carbons (Fsp3) is 0.400. The van der Waals surface area contributed by atoms with Gasteiger partial charge in [-0.3, -0.25) is 0 Å². The van der Waals surface area contributed by atoms with E-state index < -0.39 is 17.8 Å². The molecule has 0 saturated heterocycles. The second-order valence-corrected chi connectivity index (χ2v) is 3.47. The van der Waals surface area contributed by atoms with Crippen LogP contribution in [0.15, 0.2) is 18.2 Å². The van der Waals surface area contributed by atoms with E-state index >= 15 is 0 Å². The third-order valence-corrected chi connectivity index (χ3v) is 1.95. The van der Waals surface area contributed by atoms with Crippen molar-refractivity contribution in [3.05, 3.63) is 29.3 Å². The molecular formula is C10H13ClF3NO. The normalized spacial score (nSPS) is 13.1. The maximum atomic E-state index is 12.5. The lowest BCUT2D eigenvalue weighted by atomic mass is 10.0. The predicted octanol–water partition coefficient (Wildman–Crippen LogP) is 2.63. The Morgan fingerprint density at radius 1 is 1.38 bits per heavy atom. The van der Waals surface area contributed by atoms with E-state index in [1.807, 2.05) is 0 Å². The minimum absolute atomic E-state index is 0. The molecule has 0 amide bonds. The Labute approximate surface area is 97.7 Å². The van der Waals surface area contributed by atoms with Gasteiger partial charge in [-0.05, 0) is 37.1 Å². The molecule has 0 fully saturated rings. The van der Waals surface area contributed by atoms with Crippen molar-refractivity contribution in [2.75, 3.05) is 5.73 Å². The summed E-state index contributed by atoms with van der Waals surface area (Å²) < 4.78 is 37.5. The maximum Gasteiger partial charge on any atom is 0.416 e. The Morgan fingerprint density at radius 2 is 1.94 bits per heavy atom. The number of halogens is 4. The first-order chi connectivity index (χ1) is 6.80. The average molecular weight is 256 g/mol. The first-order valence-electron chi connectivity index (χ1n) is 4.44. The highest BCUT2D eigenvalue weighted by atomic mass is 35.5. The SMILES string of the molecule is CC(O)Cc1cc(N)ccc1C(F)(F)F.Cl. The van der Waals surface area contributed by atoms with E-state index in [-0.39, 0.29) is 30.1 Å². The molecule has 0 saturated carbocycles. The molecule has 1 atom stereocenters. The topological polar surface area (TPSA) is 46.2 Å². The number of hydrogen-bond acceptors (Lipinski definition) is 2. The molecule has 2 nitrogen and oxygen atoms in total. The first kappa shape index (κ1) is 15.1. The van der Waals surface area contributed by atoms with E-state index in [9.17, 15) is 13.2 Å². The first-order valence-corrected chi connectivity index (χ1v) is 4.44. The lowest BCUT2D eigenvalue weighted by molar-refractivity contribution is -0.138. The summed E-state index contributed by atoms with van der Waals surface area (Å²) in [5.74, 6) is 0. The summed E-state index contributed by atoms with van der Waals surface area (Å²) in [6.07, 6.45) is -5.29. The highest BCUT2D eigenvalue weighted by Gasteiger charge is 2.33. The van der Waals surface area contributed by atoms with Crippen LogP contribution in [-0.4, -0.2) is 11.2 Å². The molecule has 1 aromatic carbocycles. The van der Waals surface area contributed by atoms with Crippen molar-refractivity contribution in [2.24, 2.45) is 0 Å². The number of benzene rings is 1. The zero-order chi connectivity index (χ0) is 11.6. The maximum absolute atomic E-state index is 12.5. The summed E-state index contributed by atoms with van der Waals surface area (Å²) in [7, 11) is 0. The van der Waals surface area contributed by atoms with E-state index in [0.29, 0.717) is 0 Å². The van der Waals surface area contributed by atoms with Crippen LogP contribution in [0.4, 0.5) is 18.9 Å². The van der Waals surface area contributed by atoms with Gasteiger partial charge in [-0.2, -0.15) is 13.2 Å². The largest absolute Gasteiger partial charge is 0.416 e. The second kappa shape index (κ2) is 5.41. The molecule has 0 heterocycles. The van der Waals surface area contributed by atoms with Gasteiger partial charge < -0.3 is 10.8 Å². The molecular weight excluding hydrogens is 243 g/mol. The van der Waals surface area contributed by atoms with E-state index in [1.54, 1.807) is 0 Å². The lowest BCUT2D eigenvalue weighted by Gasteiger charge is -2.14. The van der Waals surface area contributed by atoms with Crippen LogP contribution in [0.3, 0.4) is 0 Å². The van der Waals surface area contributed by atoms with Crippen LogP contribution in [0.1, 0.15) is 18.1 Å². The number of alkyl halides is 3. The molecule has 1 unspecified atom stereocenters. The summed E-state index contributed by atoms with van der Waals surface area (Å²) in [5, 5.41) is 9.08. The van der Waals surface area contributed by atoms with Crippen LogP contribution >= 0.6 is 12.4 Å². The van der Waals surface area contributed by atoms with Crippen LogP contribution in [0.5, 0.6) is 0 Å². The zero-order valence-corrected chi connectivity index (χ0v) is 9.40. The average Bonchev–Trinajstić information content (AvgIpc) is 1.99. The van der Waals surface area contributed by atoms with Crippen LogP contribution in [0.2, 0.25) is 0 Å². The highest BCUT2D eigenvalue weighted by Crippen LogP contribution is 2.33. The number of anilines is 1. The summed E-state index contributed by atoms with van der Waals surface area (Å²) >= 11 is 0. The lowest BCUT2D eigenvalue weighted by Crippen LogP contribution is -2.13. The van der Waals surface area contributed by atoms with Gasteiger partial charge in [0.2, 0.25) is 0 Å². The van der Waals surface area contributed by atoms with Crippen molar-refractivity contribution < 1.29 is 18.3 Å². The number of aliphatic hydroxyl groups excluding tert-OH is 1. The standard InChI is InChI=1S/C10H12F3NO.ClH/c1-6(15)4-7-5-8(14)2-3-9(7)10(11,12)13;/h2-3,5-6,15H,4,14H2,1H3;1H. The Hall–Kier alpha value is -0.940. The van der Waals surface area contributed by atoms with Gasteiger partial charge >= 0.3 is 6.18 Å². The van der Waals surface area contributed by atoms with E-state index in [0.717, 1.165) is 6.07 Å². The number of nitrogens with two attached hydrogens (primary N) is 1. The van der Waals surface area contributed by atoms with Crippen molar-refractivity contribution in [3.8, 4) is 0 Å². The Kier molecular flexibility index (Phi) is 5.09. The van der Waals surface area contributed by atoms with Crippen LogP contribution in [-0.2, 0) is 12.6 Å². The third-order valence-electron chi connectivity index (χ3n) is 1.95. The fourth-order valence-corrected chi connectivity index (χ4v) is 1.38. The van der Waals surface area contributed by atoms with Gasteiger partial charge in [0.25, 0.3) is 0 Å². The number of aliphatic hydroxyl groups is 1. The molecule has 0 aliphatic carbocycles. The van der Waals surface area contributed by atoms with Crippen molar-refractivity contribution >= 4 is 18.1 Å². The predicted molar refractivity (Wildman–Crippen MR) is 58.5 cm³/mol. The summed E-state index contributed by atoms with van der Waals surface area (Å²) in [4.78, 5) is 0. The molecule has 92 valence electrons. The van der Waals surface area contributed by atoms with Crippen LogP contribution in [0, 0.1) is 0 Å². The van der Waals surface area contributed by atoms with Crippen LogP contribution < -0.4 is 5.73 Å². The number of hydrogen-bond donors (Lipinski definition) is 2. The van der Waals surface area contributed by atoms with Gasteiger partial charge in [0.05, 0.1) is 11.7 Å². The summed E-state index contributed by atoms with van der Waals surface area (Å²) in [6.45, 7) is 1.43. The van der Waals surface area contributed by atoms with Gasteiger partial charge in [0.1, 0.15) is 0 Å². The summed E-state index contributed by atoms with van der Waals surface area (Å²) in [5.41, 5.74) is 4.95. The van der Waals surface area contributed by atoms with Crippen molar-refractivity contribution in [1.29, 1.82) is 0 Å². The van der Waals surface area contributed by atoms with Gasteiger partial charge in [-0.1, -0.05) is 0 Å². The fourth-order valence-electron chi connectivity index (χ4n) is 1.38. The minimum Gasteiger partial charge on any atom is -0.399 e. The Bertz CT molecular complexity index is 352. The monoisotopic (exact) mass is 255 g/mol. The molecule has 0 aromatic heterocycles. The third kappa shape index (κ3) is 3.90. The quantitative estimate of drug-likeness (QED) is 0.798. The highest BCUT2D eigenvalue weighted by molar-refractivity contribution is 5.85. The molecule has 6 heteroatoms. The molecule has 3 N–H and O–H groups in total. The zero-order valence-electron chi connectivity index (χ0n) is 8.58. The number of nitrogen functional groups attached to an aromatic ring is 1. The van der Waals surface area contributed by atoms with Crippen LogP contribution in [0.25, 0.3) is 0 Å². The van der Waals surface area contributed by atoms with Gasteiger partial charge in [-0.25, -0.2) is 0 Å². The minimum atomic E-state index is -4.40. The van der Waals surface area contributed by atoms with E-state index in [2.05, 4.69) is 0 Å². The van der Waals surface area contributed by atoms with E-state index in [4.69, 9.17) is 10.8 Å². The molecule has 0 spiro atoms. The molecule has 0 aliphatic heterocycles. The van der Waals surface area contributed by atoms with Crippen molar-refractivity contribution in [3.63, 3.8) is 0 Å². The van der Waals surface area contributed by atoms with Crippen molar-refractivity contribution in [1.82, 2.24) is 0 Å². The molecule has 1 aromatic rings. The van der Waals surface area contributed by atoms with Gasteiger partial charge in [0.15, 0.2) is 0 Å². The number of rotatable bonds is 2. The smallest absolute Gasteiger partial charge is 0.399 e. The van der Waals surface area contributed by atoms with E-state index in [1.165, 1.54) is 19.1 Å². The molecule has 0 aliphatic rings. The van der Waals surface area contributed by atoms with Gasteiger partial charge in [-0.15, -0.1) is 12.4 Å². The molecule has 0 radical (unpaired) electrons. The van der Waals surface area contributed by atoms with Gasteiger partial charge in [0, 0.05) is 5.69 Å². The Balaban J connectivity index is 0.00000225. The molecule has 16 heavy (non-hydrogen) atoms. The summed E-state index contributed by atoms with van der Waals surface area (Å²) in [6, 6.07) is 3.39. The van der Waals surface area contributed by atoms with Crippen molar-refractivity contribution in [2.45, 2.75) is 25.6 Å². The molecule has 0 bridgehead atoms.